The molecule has 2 aromatic carbocycles. The smallest absolute Gasteiger partial charge is 0.200 e. The predicted octanol–water partition coefficient (Wildman–Crippen LogP) is 1.06. The predicted molar refractivity (Wildman–Crippen MR) is 136 cm³/mol. The van der Waals surface area contributed by atoms with Gasteiger partial charge in [-0.3, -0.25) is 9.59 Å². The summed E-state index contributed by atoms with van der Waals surface area (Å²) in [6, 6.07) is 5.82. The van der Waals surface area contributed by atoms with Gasteiger partial charge in [0.15, 0.2) is 0 Å². The monoisotopic (exact) mass is 508 g/mol. The Hall–Kier alpha value is -2.89. The normalized spacial score (nSPS) is 12.1. The SMILES string of the molecule is Cl.O=C1c2c(O)ccc(O)c2C(=O)c2c(NCCNCCCO)ccc(NCCNCCCO)c21. The highest BCUT2D eigenvalue weighted by molar-refractivity contribution is 6.33. The van der Waals surface area contributed by atoms with Gasteiger partial charge in [-0.05, 0) is 50.2 Å². The molecule has 192 valence electrons. The fraction of sp³-hybridized carbons (Fsp3) is 0.417. The van der Waals surface area contributed by atoms with Crippen molar-refractivity contribution in [2.24, 2.45) is 0 Å². The van der Waals surface area contributed by atoms with Crippen LogP contribution in [0.3, 0.4) is 0 Å². The molecule has 0 unspecified atom stereocenters. The molecule has 0 aliphatic heterocycles. The van der Waals surface area contributed by atoms with Crippen LogP contribution in [0.4, 0.5) is 11.4 Å². The van der Waals surface area contributed by atoms with E-state index in [1.165, 1.54) is 12.1 Å². The number of hydrogen-bond acceptors (Lipinski definition) is 10. The summed E-state index contributed by atoms with van der Waals surface area (Å²) in [5.74, 6) is -1.81. The molecule has 35 heavy (non-hydrogen) atoms. The second-order valence-corrected chi connectivity index (χ2v) is 7.93. The van der Waals surface area contributed by atoms with Crippen molar-refractivity contribution in [1.29, 1.82) is 0 Å². The van der Waals surface area contributed by atoms with Crippen LogP contribution in [0.1, 0.15) is 44.7 Å². The van der Waals surface area contributed by atoms with Crippen molar-refractivity contribution in [3.8, 4) is 11.5 Å². The largest absolute Gasteiger partial charge is 0.507 e. The number of carbonyl (C=O) groups is 2. The fourth-order valence-electron chi connectivity index (χ4n) is 3.89. The lowest BCUT2D eigenvalue weighted by Crippen LogP contribution is -2.28. The van der Waals surface area contributed by atoms with Gasteiger partial charge in [-0.15, -0.1) is 12.4 Å². The number of hydrogen-bond donors (Lipinski definition) is 8. The van der Waals surface area contributed by atoms with Crippen LogP contribution in [0.25, 0.3) is 0 Å². The zero-order valence-corrected chi connectivity index (χ0v) is 20.2. The molecule has 11 heteroatoms. The number of ketones is 2. The number of aromatic hydroxyl groups is 2. The van der Waals surface area contributed by atoms with E-state index in [4.69, 9.17) is 10.2 Å². The molecule has 0 atom stereocenters. The maximum atomic E-state index is 13.5. The average molecular weight is 509 g/mol. The molecule has 10 nitrogen and oxygen atoms in total. The van der Waals surface area contributed by atoms with Gasteiger partial charge in [0, 0.05) is 50.8 Å². The Balaban J connectivity index is 0.00000432. The molecule has 0 amide bonds. The first kappa shape index (κ1) is 28.3. The minimum Gasteiger partial charge on any atom is -0.507 e. The maximum absolute atomic E-state index is 13.5. The van der Waals surface area contributed by atoms with Gasteiger partial charge < -0.3 is 41.7 Å². The number of anilines is 2. The summed E-state index contributed by atoms with van der Waals surface area (Å²) in [4.78, 5) is 26.9. The molecule has 1 aliphatic carbocycles. The van der Waals surface area contributed by atoms with E-state index in [1.807, 2.05) is 0 Å². The third-order valence-electron chi connectivity index (χ3n) is 5.53. The number of aliphatic hydroxyl groups excluding tert-OH is 2. The quantitative estimate of drug-likeness (QED) is 0.117. The molecular formula is C24H33ClN4O6. The third-order valence-corrected chi connectivity index (χ3v) is 5.53. The van der Waals surface area contributed by atoms with Crippen LogP contribution in [0.2, 0.25) is 0 Å². The summed E-state index contributed by atoms with van der Waals surface area (Å²) in [7, 11) is 0. The second kappa shape index (κ2) is 13.9. The number of carbonyl (C=O) groups excluding carboxylic acids is 2. The Morgan fingerprint density at radius 2 is 0.971 bits per heavy atom. The van der Waals surface area contributed by atoms with Crippen molar-refractivity contribution in [2.75, 3.05) is 63.1 Å². The van der Waals surface area contributed by atoms with E-state index < -0.39 is 11.6 Å². The lowest BCUT2D eigenvalue weighted by molar-refractivity contribution is 0.0975. The molecule has 0 radical (unpaired) electrons. The van der Waals surface area contributed by atoms with E-state index in [0.29, 0.717) is 63.5 Å². The van der Waals surface area contributed by atoms with Crippen LogP contribution in [0, 0.1) is 0 Å². The van der Waals surface area contributed by atoms with E-state index in [1.54, 1.807) is 12.1 Å². The number of phenols is 2. The van der Waals surface area contributed by atoms with Gasteiger partial charge in [0.1, 0.15) is 11.5 Å². The molecule has 0 fully saturated rings. The van der Waals surface area contributed by atoms with E-state index in [2.05, 4.69) is 21.3 Å². The summed E-state index contributed by atoms with van der Waals surface area (Å²) >= 11 is 0. The Morgan fingerprint density at radius 1 is 0.571 bits per heavy atom. The minimum absolute atomic E-state index is 0. The molecule has 0 spiro atoms. The summed E-state index contributed by atoms with van der Waals surface area (Å²) in [5.41, 5.74) is 0.794. The van der Waals surface area contributed by atoms with Crippen LogP contribution in [0.15, 0.2) is 24.3 Å². The molecule has 1 aliphatic rings. The number of phenolic OH excluding ortho intramolecular Hbond substituents is 2. The summed E-state index contributed by atoms with van der Waals surface area (Å²) in [6.07, 6.45) is 1.27. The standard InChI is InChI=1S/C24H32N4O6.ClH/c29-13-1-7-25-9-11-27-15-3-4-16(28-12-10-26-8-2-14-30)20-19(15)23(33)21-17(31)5-6-18(32)22(21)24(20)34;/h3-6,25-32H,1-2,7-14H2;1H. The number of fused-ring (bicyclic) bond motifs is 2. The second-order valence-electron chi connectivity index (χ2n) is 7.93. The van der Waals surface area contributed by atoms with Gasteiger partial charge in [0.2, 0.25) is 11.6 Å². The van der Waals surface area contributed by atoms with Gasteiger partial charge in [-0.1, -0.05) is 0 Å². The van der Waals surface area contributed by atoms with E-state index >= 15 is 0 Å². The minimum atomic E-state index is -0.543. The summed E-state index contributed by atoms with van der Waals surface area (Å²) in [5, 5.41) is 51.1. The van der Waals surface area contributed by atoms with Crippen molar-refractivity contribution in [2.45, 2.75) is 12.8 Å². The van der Waals surface area contributed by atoms with Gasteiger partial charge in [-0.25, -0.2) is 0 Å². The lowest BCUT2D eigenvalue weighted by atomic mass is 9.81. The molecule has 0 bridgehead atoms. The van der Waals surface area contributed by atoms with Crippen LogP contribution >= 0.6 is 12.4 Å². The van der Waals surface area contributed by atoms with Crippen molar-refractivity contribution >= 4 is 35.3 Å². The Morgan fingerprint density at radius 3 is 1.34 bits per heavy atom. The summed E-state index contributed by atoms with van der Waals surface area (Å²) in [6.45, 7) is 3.63. The lowest BCUT2D eigenvalue weighted by Gasteiger charge is -2.25. The zero-order chi connectivity index (χ0) is 24.5. The van der Waals surface area contributed by atoms with Crippen molar-refractivity contribution in [1.82, 2.24) is 10.6 Å². The van der Waals surface area contributed by atoms with Gasteiger partial charge >= 0.3 is 0 Å². The van der Waals surface area contributed by atoms with Crippen molar-refractivity contribution < 1.29 is 30.0 Å². The molecule has 0 aromatic heterocycles. The highest BCUT2D eigenvalue weighted by atomic mass is 35.5. The average Bonchev–Trinajstić information content (AvgIpc) is 2.83. The fourth-order valence-corrected chi connectivity index (χ4v) is 3.89. The first-order chi connectivity index (χ1) is 16.5. The van der Waals surface area contributed by atoms with Crippen LogP contribution < -0.4 is 21.3 Å². The van der Waals surface area contributed by atoms with Gasteiger partial charge in [0.05, 0.1) is 22.3 Å². The van der Waals surface area contributed by atoms with E-state index in [-0.39, 0.29) is 59.4 Å². The van der Waals surface area contributed by atoms with E-state index in [9.17, 15) is 19.8 Å². The molecule has 0 heterocycles. The Bertz CT molecular complexity index is 954. The molecule has 2 aromatic rings. The Labute approximate surface area is 210 Å². The number of rotatable bonds is 14. The van der Waals surface area contributed by atoms with Gasteiger partial charge in [-0.2, -0.15) is 0 Å². The first-order valence-electron chi connectivity index (χ1n) is 11.4. The Kier molecular flexibility index (Phi) is 11.2. The highest BCUT2D eigenvalue weighted by Gasteiger charge is 2.37. The highest BCUT2D eigenvalue weighted by Crippen LogP contribution is 2.42. The number of benzene rings is 2. The van der Waals surface area contributed by atoms with Crippen LogP contribution in [-0.4, -0.2) is 84.5 Å². The van der Waals surface area contributed by atoms with Crippen molar-refractivity contribution in [3.05, 3.63) is 46.5 Å². The van der Waals surface area contributed by atoms with E-state index in [0.717, 1.165) is 0 Å². The van der Waals surface area contributed by atoms with Gasteiger partial charge in [0.25, 0.3) is 0 Å². The zero-order valence-electron chi connectivity index (χ0n) is 19.4. The molecular weight excluding hydrogens is 476 g/mol. The van der Waals surface area contributed by atoms with Crippen LogP contribution in [-0.2, 0) is 0 Å². The molecule has 8 N–H and O–H groups in total. The topological polar surface area (TPSA) is 163 Å². The number of aliphatic hydroxyl groups is 2. The first-order valence-corrected chi connectivity index (χ1v) is 11.4. The summed E-state index contributed by atoms with van der Waals surface area (Å²) < 4.78 is 0. The number of nitrogens with one attached hydrogen (secondary N) is 4. The molecule has 3 rings (SSSR count). The number of halogens is 1. The maximum Gasteiger partial charge on any atom is 0.200 e. The molecule has 0 saturated carbocycles. The molecule has 0 saturated heterocycles. The van der Waals surface area contributed by atoms with Crippen LogP contribution in [0.5, 0.6) is 11.5 Å². The van der Waals surface area contributed by atoms with Crippen molar-refractivity contribution in [3.63, 3.8) is 0 Å². The third kappa shape index (κ3) is 6.62.